The van der Waals surface area contributed by atoms with Crippen LogP contribution >= 0.6 is 0 Å². The molecule has 3 N–H and O–H groups in total. The Hall–Kier alpha value is -0.420. The van der Waals surface area contributed by atoms with E-state index in [0.29, 0.717) is 12.1 Å². The topological polar surface area (TPSA) is 324 Å². The zero-order valence-electron chi connectivity index (χ0n) is 25.1. The molecule has 0 fully saturated rings. The van der Waals surface area contributed by atoms with E-state index < -0.39 is 93.6 Å². The quantitative estimate of drug-likeness (QED) is 0.0727. The number of benzene rings is 4. The maximum atomic E-state index is 13.5. The standard InChI is InChI=1S/C22H17N5O13S4.4Na/c23-19-18-11(7-16(43(35,36)37)20(19)26-24-12-3-1-5-14(9-12)41(29,30)31)8-17(44(38,39)40)21(22(18)28)27-25-13-4-2-6-15(10-13)42(32,33)34;;;;/h1-10,28H,23H2,(H,29,30,31)(H,32,33,34)(H,35,36,37)(H,38,39,40);;;;/q;4*+1/p-4. The molecule has 232 valence electrons. The van der Waals surface area contributed by atoms with Gasteiger partial charge in [-0.1, -0.05) is 17.9 Å². The number of hydrogen-bond acceptors (Lipinski definition) is 17. The minimum atomic E-state index is -5.48. The van der Waals surface area contributed by atoms with Crippen molar-refractivity contribution < 1.29 is 175 Å². The van der Waals surface area contributed by atoms with Crippen LogP contribution in [-0.4, -0.2) is 51.9 Å². The Bertz CT molecular complexity index is 2210. The predicted molar refractivity (Wildman–Crippen MR) is 143 cm³/mol. The van der Waals surface area contributed by atoms with E-state index in [1.807, 2.05) is 0 Å². The summed E-state index contributed by atoms with van der Waals surface area (Å²) in [4.78, 5) is -3.89. The number of azo groups is 2. The van der Waals surface area contributed by atoms with Gasteiger partial charge in [0.15, 0.2) is 0 Å². The average molecular weight is 776 g/mol. The molecule has 0 unspecified atom stereocenters. The third-order valence-electron chi connectivity index (χ3n) is 5.59. The summed E-state index contributed by atoms with van der Waals surface area (Å²) in [6.45, 7) is 0. The van der Waals surface area contributed by atoms with Crippen molar-refractivity contribution in [2.24, 2.45) is 20.5 Å². The molecule has 4 aromatic rings. The molecule has 0 aliphatic carbocycles. The summed E-state index contributed by atoms with van der Waals surface area (Å²) in [6.07, 6.45) is 0. The Morgan fingerprint density at radius 1 is 0.583 bits per heavy atom. The van der Waals surface area contributed by atoms with Crippen LogP contribution in [0.2, 0.25) is 0 Å². The molecule has 26 heteroatoms. The maximum absolute atomic E-state index is 13.5. The van der Waals surface area contributed by atoms with Crippen molar-refractivity contribution >= 4 is 79.7 Å². The van der Waals surface area contributed by atoms with Gasteiger partial charge in [-0.2, -0.15) is 18.6 Å². The number of fused-ring (bicyclic) bond motifs is 1. The van der Waals surface area contributed by atoms with Gasteiger partial charge >= 0.3 is 118 Å². The van der Waals surface area contributed by atoms with Gasteiger partial charge in [0.1, 0.15) is 40.9 Å². The molecule has 0 atom stereocenters. The van der Waals surface area contributed by atoms with E-state index in [-0.39, 0.29) is 130 Å². The first-order valence-electron chi connectivity index (χ1n) is 11.2. The van der Waals surface area contributed by atoms with Gasteiger partial charge in [-0.25, -0.2) is 25.3 Å². The summed E-state index contributed by atoms with van der Waals surface area (Å²) in [5.41, 5.74) is 2.44. The third kappa shape index (κ3) is 11.3. The van der Waals surface area contributed by atoms with Gasteiger partial charge in [0.25, 0.3) is 10.1 Å². The fourth-order valence-electron chi connectivity index (χ4n) is 3.70. The fourth-order valence-corrected chi connectivity index (χ4v) is 6.03. The van der Waals surface area contributed by atoms with E-state index in [2.05, 4.69) is 20.5 Å². The second-order valence-corrected chi connectivity index (χ2v) is 14.0. The molecule has 0 saturated heterocycles. The van der Waals surface area contributed by atoms with Crippen molar-refractivity contribution in [1.29, 1.82) is 0 Å². The monoisotopic (exact) mass is 775 g/mol. The average Bonchev–Trinajstić information content (AvgIpc) is 2.90. The summed E-state index contributed by atoms with van der Waals surface area (Å²) >= 11 is 0. The molecule has 4 rings (SSSR count). The van der Waals surface area contributed by atoms with Gasteiger partial charge in [0, 0.05) is 5.39 Å². The molecule has 0 aromatic heterocycles. The van der Waals surface area contributed by atoms with Crippen molar-refractivity contribution in [3.63, 3.8) is 0 Å². The Labute approximate surface area is 361 Å². The number of hydrogen-bond donors (Lipinski definition) is 2. The summed E-state index contributed by atoms with van der Waals surface area (Å²) in [5.74, 6) is -1.39. The van der Waals surface area contributed by atoms with Crippen molar-refractivity contribution in [3.05, 3.63) is 60.7 Å². The Kier molecular flexibility index (Phi) is 17.7. The van der Waals surface area contributed by atoms with Crippen LogP contribution in [0.4, 0.5) is 28.4 Å². The number of nitrogens with two attached hydrogens (primary N) is 1. The third-order valence-corrected chi connectivity index (χ3v) is 8.97. The molecule has 0 aliphatic heterocycles. The zero-order chi connectivity index (χ0) is 32.8. The molecule has 0 saturated carbocycles. The van der Waals surface area contributed by atoms with Crippen LogP contribution in [0.25, 0.3) is 10.8 Å². The SMILES string of the molecule is Nc1c(N=Nc2cccc(S(=O)(=O)[O-])c2)c(S(=O)(=O)[O-])cc2cc(S(=O)(=O)O)c(N=Nc3cccc(S(=O)(=O)[O-])c3)c([O-])c12.[Na+].[Na+].[Na+].[Na+]. The van der Waals surface area contributed by atoms with E-state index in [1.165, 1.54) is 0 Å². The van der Waals surface area contributed by atoms with E-state index in [0.717, 1.165) is 48.5 Å². The van der Waals surface area contributed by atoms with Crippen LogP contribution in [0.5, 0.6) is 5.75 Å². The van der Waals surface area contributed by atoms with E-state index >= 15 is 0 Å². The molecule has 0 heterocycles. The normalized spacial score (nSPS) is 12.2. The van der Waals surface area contributed by atoms with E-state index in [1.54, 1.807) is 0 Å². The Morgan fingerprint density at radius 2 is 1.00 bits per heavy atom. The van der Waals surface area contributed by atoms with Crippen molar-refractivity contribution in [2.75, 3.05) is 5.73 Å². The predicted octanol–water partition coefficient (Wildman–Crippen LogP) is -9.70. The molecule has 0 amide bonds. The van der Waals surface area contributed by atoms with Crippen LogP contribution in [0.1, 0.15) is 0 Å². The van der Waals surface area contributed by atoms with Gasteiger partial charge in [-0.15, -0.1) is 10.2 Å². The molecule has 0 radical (unpaired) electrons. The van der Waals surface area contributed by atoms with Crippen LogP contribution in [0.3, 0.4) is 0 Å². The molecule has 18 nitrogen and oxygen atoms in total. The van der Waals surface area contributed by atoms with E-state index in [4.69, 9.17) is 5.73 Å². The van der Waals surface area contributed by atoms with Gasteiger partial charge in [-0.05, 0) is 53.9 Å². The van der Waals surface area contributed by atoms with E-state index in [9.17, 15) is 57.0 Å². The van der Waals surface area contributed by atoms with Gasteiger partial charge in [0.2, 0.25) is 0 Å². The van der Waals surface area contributed by atoms with Crippen LogP contribution in [-0.2, 0) is 40.5 Å². The maximum Gasteiger partial charge on any atom is 1.00 e. The van der Waals surface area contributed by atoms with Crippen LogP contribution < -0.4 is 129 Å². The zero-order valence-corrected chi connectivity index (χ0v) is 36.4. The largest absolute Gasteiger partial charge is 1.00 e. The van der Waals surface area contributed by atoms with Gasteiger partial charge in [0.05, 0.1) is 37.4 Å². The molecule has 4 aromatic carbocycles. The van der Waals surface area contributed by atoms with Crippen LogP contribution in [0.15, 0.2) is 101 Å². The molecular weight excluding hydrogens is 762 g/mol. The summed E-state index contributed by atoms with van der Waals surface area (Å²) < 4.78 is 138. The number of nitrogen functional groups attached to an aromatic ring is 1. The number of rotatable bonds is 8. The second-order valence-electron chi connectivity index (χ2n) is 8.52. The van der Waals surface area contributed by atoms with Gasteiger partial charge in [-0.3, -0.25) is 4.55 Å². The summed E-state index contributed by atoms with van der Waals surface area (Å²) in [7, 11) is -20.7. The first-order valence-corrected chi connectivity index (χ1v) is 16.8. The number of nitrogens with zero attached hydrogens (tertiary/aromatic N) is 4. The first kappa shape index (κ1) is 47.6. The molecular formula is C22H13N5Na4O13S4. The minimum absolute atomic E-state index is 0. The number of anilines is 1. The van der Waals surface area contributed by atoms with Crippen molar-refractivity contribution in [3.8, 4) is 5.75 Å². The van der Waals surface area contributed by atoms with Crippen LogP contribution in [0, 0.1) is 0 Å². The van der Waals surface area contributed by atoms with Gasteiger partial charge < -0.3 is 24.5 Å². The Morgan fingerprint density at radius 3 is 1.40 bits per heavy atom. The summed E-state index contributed by atoms with van der Waals surface area (Å²) in [5, 5.41) is 26.4. The molecule has 0 aliphatic rings. The molecule has 48 heavy (non-hydrogen) atoms. The fraction of sp³-hybridized carbons (Fsp3) is 0. The first-order chi connectivity index (χ1) is 20.2. The smallest absolute Gasteiger partial charge is 0.870 e. The Balaban J connectivity index is 0.00000552. The molecule has 0 bridgehead atoms. The van der Waals surface area contributed by atoms with Crippen molar-refractivity contribution in [1.82, 2.24) is 0 Å². The van der Waals surface area contributed by atoms with Crippen molar-refractivity contribution in [2.45, 2.75) is 19.6 Å². The molecule has 0 spiro atoms. The summed E-state index contributed by atoms with van der Waals surface area (Å²) in [6, 6.07) is 8.88. The second kappa shape index (κ2) is 17.9. The minimum Gasteiger partial charge on any atom is -0.870 e.